The van der Waals surface area contributed by atoms with E-state index < -0.39 is 0 Å². The highest BCUT2D eigenvalue weighted by Crippen LogP contribution is 2.23. The number of halogens is 1. The number of nitrogens with one attached hydrogen (secondary N) is 2. The highest BCUT2D eigenvalue weighted by Gasteiger charge is 2.08. The minimum absolute atomic E-state index is 0.287. The third kappa shape index (κ3) is 4.03. The first-order chi connectivity index (χ1) is 11.3. The predicted molar refractivity (Wildman–Crippen MR) is 90.8 cm³/mol. The van der Waals surface area contributed by atoms with Crippen LogP contribution in [0.15, 0.2) is 67.0 Å². The first-order valence-corrected chi connectivity index (χ1v) is 7.43. The first-order valence-electron chi connectivity index (χ1n) is 7.43. The van der Waals surface area contributed by atoms with Gasteiger partial charge in [-0.05, 0) is 24.3 Å². The Morgan fingerprint density at radius 1 is 0.826 bits per heavy atom. The van der Waals surface area contributed by atoms with E-state index in [0.29, 0.717) is 23.6 Å². The molecule has 0 saturated carbocycles. The van der Waals surface area contributed by atoms with Gasteiger partial charge >= 0.3 is 0 Å². The largest absolute Gasteiger partial charge is 0.383 e. The zero-order valence-corrected chi connectivity index (χ0v) is 12.5. The van der Waals surface area contributed by atoms with Gasteiger partial charge in [0, 0.05) is 36.7 Å². The van der Waals surface area contributed by atoms with E-state index in [0.717, 1.165) is 12.2 Å². The van der Waals surface area contributed by atoms with Gasteiger partial charge in [-0.15, -0.1) is 0 Å². The third-order valence-electron chi connectivity index (χ3n) is 3.32. The average Bonchev–Trinajstić information content (AvgIpc) is 2.60. The quantitative estimate of drug-likeness (QED) is 0.680. The van der Waals surface area contributed by atoms with Crippen molar-refractivity contribution < 1.29 is 4.39 Å². The van der Waals surface area contributed by atoms with Crippen molar-refractivity contribution in [3.05, 3.63) is 72.8 Å². The molecule has 4 nitrogen and oxygen atoms in total. The molecule has 1 aromatic heterocycles. The van der Waals surface area contributed by atoms with Gasteiger partial charge in [0.1, 0.15) is 11.5 Å². The molecule has 3 aromatic rings. The van der Waals surface area contributed by atoms with Crippen LogP contribution in [0, 0.1) is 5.82 Å². The molecule has 0 aliphatic heterocycles. The predicted octanol–water partition coefficient (Wildman–Crippen LogP) is 3.81. The Morgan fingerprint density at radius 2 is 1.61 bits per heavy atom. The van der Waals surface area contributed by atoms with Crippen molar-refractivity contribution in [2.45, 2.75) is 0 Å². The van der Waals surface area contributed by atoms with Crippen LogP contribution >= 0.6 is 0 Å². The Labute approximate surface area is 134 Å². The second-order valence-corrected chi connectivity index (χ2v) is 4.98. The number of aromatic nitrogens is 2. The molecule has 0 unspecified atom stereocenters. The second kappa shape index (κ2) is 7.35. The molecule has 0 spiro atoms. The smallest absolute Gasteiger partial charge is 0.152 e. The van der Waals surface area contributed by atoms with Crippen molar-refractivity contribution in [3.8, 4) is 11.3 Å². The molecule has 1 heterocycles. The molecular weight excluding hydrogens is 291 g/mol. The number of hydrogen-bond acceptors (Lipinski definition) is 4. The molecule has 23 heavy (non-hydrogen) atoms. The number of para-hydroxylation sites is 1. The van der Waals surface area contributed by atoms with E-state index in [1.807, 2.05) is 36.4 Å². The van der Waals surface area contributed by atoms with Gasteiger partial charge in [-0.25, -0.2) is 9.37 Å². The molecule has 2 aromatic carbocycles. The fourth-order valence-electron chi connectivity index (χ4n) is 2.26. The summed E-state index contributed by atoms with van der Waals surface area (Å²) in [4.78, 5) is 8.62. The number of nitrogens with zero attached hydrogens (tertiary/aromatic N) is 2. The third-order valence-corrected chi connectivity index (χ3v) is 3.32. The Kier molecular flexibility index (Phi) is 4.79. The molecule has 116 valence electrons. The minimum Gasteiger partial charge on any atom is -0.383 e. The van der Waals surface area contributed by atoms with Gasteiger partial charge in [0.2, 0.25) is 0 Å². The molecular formula is C18H17FN4. The van der Waals surface area contributed by atoms with E-state index in [2.05, 4.69) is 20.6 Å². The van der Waals surface area contributed by atoms with Gasteiger partial charge in [0.15, 0.2) is 5.82 Å². The number of benzene rings is 2. The summed E-state index contributed by atoms with van der Waals surface area (Å²) in [6.07, 6.45) is 3.23. The van der Waals surface area contributed by atoms with Gasteiger partial charge in [0.25, 0.3) is 0 Å². The van der Waals surface area contributed by atoms with Crippen LogP contribution in [0.3, 0.4) is 0 Å². The Balaban J connectivity index is 1.64. The molecule has 0 saturated heterocycles. The summed E-state index contributed by atoms with van der Waals surface area (Å²) in [6.45, 7) is 1.42. The monoisotopic (exact) mass is 308 g/mol. The highest BCUT2D eigenvalue weighted by atomic mass is 19.1. The van der Waals surface area contributed by atoms with Crippen LogP contribution in [0.4, 0.5) is 15.9 Å². The molecule has 0 atom stereocenters. The highest BCUT2D eigenvalue weighted by molar-refractivity contribution is 5.71. The van der Waals surface area contributed by atoms with Gasteiger partial charge in [-0.1, -0.05) is 30.3 Å². The zero-order chi connectivity index (χ0) is 15.9. The summed E-state index contributed by atoms with van der Waals surface area (Å²) < 4.78 is 13.4. The van der Waals surface area contributed by atoms with Crippen LogP contribution in [0.1, 0.15) is 0 Å². The van der Waals surface area contributed by atoms with E-state index >= 15 is 0 Å². The molecule has 2 N–H and O–H groups in total. The maximum absolute atomic E-state index is 13.4. The molecule has 0 amide bonds. The lowest BCUT2D eigenvalue weighted by Crippen LogP contribution is -2.15. The second-order valence-electron chi connectivity index (χ2n) is 4.98. The van der Waals surface area contributed by atoms with E-state index in [4.69, 9.17) is 0 Å². The van der Waals surface area contributed by atoms with Gasteiger partial charge in [0.05, 0.1) is 0 Å². The summed E-state index contributed by atoms with van der Waals surface area (Å²) in [5, 5.41) is 6.56. The Morgan fingerprint density at radius 3 is 2.43 bits per heavy atom. The van der Waals surface area contributed by atoms with Crippen LogP contribution in [-0.4, -0.2) is 23.1 Å². The molecule has 0 aliphatic rings. The van der Waals surface area contributed by atoms with Crippen molar-refractivity contribution in [1.82, 2.24) is 9.97 Å². The first kappa shape index (κ1) is 15.0. The normalized spacial score (nSPS) is 10.3. The van der Waals surface area contributed by atoms with Crippen molar-refractivity contribution in [2.24, 2.45) is 0 Å². The fourth-order valence-corrected chi connectivity index (χ4v) is 2.26. The summed E-state index contributed by atoms with van der Waals surface area (Å²) in [5.74, 6) is 0.359. The standard InChI is InChI=1S/C18H17FN4/c19-15-6-4-5-14(13-15)17-18(23-12-10-21-17)22-11-9-20-16-7-2-1-3-8-16/h1-8,10,12-13,20H,9,11H2,(H,22,23). The average molecular weight is 308 g/mol. The molecule has 3 rings (SSSR count). The van der Waals surface area contributed by atoms with Crippen LogP contribution in [0.5, 0.6) is 0 Å². The van der Waals surface area contributed by atoms with Crippen LogP contribution in [0.2, 0.25) is 0 Å². The van der Waals surface area contributed by atoms with Gasteiger partial charge in [-0.3, -0.25) is 4.98 Å². The maximum Gasteiger partial charge on any atom is 0.152 e. The van der Waals surface area contributed by atoms with Crippen LogP contribution in [-0.2, 0) is 0 Å². The summed E-state index contributed by atoms with van der Waals surface area (Å²) in [6, 6.07) is 16.3. The van der Waals surface area contributed by atoms with Crippen molar-refractivity contribution in [3.63, 3.8) is 0 Å². The van der Waals surface area contributed by atoms with Crippen molar-refractivity contribution >= 4 is 11.5 Å². The SMILES string of the molecule is Fc1cccc(-c2nccnc2NCCNc2ccccc2)c1. The lowest BCUT2D eigenvalue weighted by Gasteiger charge is -2.11. The van der Waals surface area contributed by atoms with Crippen molar-refractivity contribution in [2.75, 3.05) is 23.7 Å². The minimum atomic E-state index is -0.287. The van der Waals surface area contributed by atoms with Crippen LogP contribution < -0.4 is 10.6 Å². The summed E-state index contributed by atoms with van der Waals surface area (Å²) >= 11 is 0. The van der Waals surface area contributed by atoms with E-state index in [1.165, 1.54) is 12.1 Å². The van der Waals surface area contributed by atoms with Crippen molar-refractivity contribution in [1.29, 1.82) is 0 Å². The summed E-state index contributed by atoms with van der Waals surface area (Å²) in [5.41, 5.74) is 2.42. The summed E-state index contributed by atoms with van der Waals surface area (Å²) in [7, 11) is 0. The number of anilines is 2. The molecule has 5 heteroatoms. The molecule has 0 fully saturated rings. The van der Waals surface area contributed by atoms with Gasteiger partial charge in [-0.2, -0.15) is 0 Å². The van der Waals surface area contributed by atoms with E-state index in [-0.39, 0.29) is 5.82 Å². The zero-order valence-electron chi connectivity index (χ0n) is 12.5. The lowest BCUT2D eigenvalue weighted by atomic mass is 10.1. The number of hydrogen-bond donors (Lipinski definition) is 2. The van der Waals surface area contributed by atoms with Gasteiger partial charge < -0.3 is 10.6 Å². The Hall–Kier alpha value is -2.95. The van der Waals surface area contributed by atoms with E-state index in [9.17, 15) is 4.39 Å². The van der Waals surface area contributed by atoms with Crippen LogP contribution in [0.25, 0.3) is 11.3 Å². The van der Waals surface area contributed by atoms with E-state index in [1.54, 1.807) is 18.5 Å². The molecule has 0 radical (unpaired) electrons. The fraction of sp³-hybridized carbons (Fsp3) is 0.111. The maximum atomic E-state index is 13.4. The lowest BCUT2D eigenvalue weighted by molar-refractivity contribution is 0.628. The number of rotatable bonds is 6. The topological polar surface area (TPSA) is 49.8 Å². The molecule has 0 aliphatic carbocycles. The molecule has 0 bridgehead atoms. The Bertz CT molecular complexity index is 762.